The van der Waals surface area contributed by atoms with E-state index in [2.05, 4.69) is 20.6 Å². The molecule has 0 spiro atoms. The third kappa shape index (κ3) is 3.96. The molecule has 9 nitrogen and oxygen atoms in total. The van der Waals surface area contributed by atoms with Gasteiger partial charge in [0.25, 0.3) is 0 Å². The topological polar surface area (TPSA) is 158 Å². The highest BCUT2D eigenvalue weighted by molar-refractivity contribution is 5.98. The van der Waals surface area contributed by atoms with Crippen LogP contribution in [0.2, 0.25) is 0 Å². The van der Waals surface area contributed by atoms with Gasteiger partial charge in [-0.2, -0.15) is 10.5 Å². The van der Waals surface area contributed by atoms with Gasteiger partial charge in [-0.3, -0.25) is 5.32 Å². The lowest BCUT2D eigenvalue weighted by Crippen LogP contribution is -2.32. The molecule has 0 saturated carbocycles. The first kappa shape index (κ1) is 19.7. The summed E-state index contributed by atoms with van der Waals surface area (Å²) in [5.74, 6) is 0.104. The molecule has 29 heavy (non-hydrogen) atoms. The molecular weight excluding hydrogens is 375 g/mol. The summed E-state index contributed by atoms with van der Waals surface area (Å²) >= 11 is 0. The van der Waals surface area contributed by atoms with E-state index in [1.807, 2.05) is 13.0 Å². The Morgan fingerprint density at radius 3 is 2.79 bits per heavy atom. The summed E-state index contributed by atoms with van der Waals surface area (Å²) in [6, 6.07) is 5.32. The number of hydrogen-bond acceptors (Lipinski definition) is 9. The van der Waals surface area contributed by atoms with Crippen LogP contribution in [-0.2, 0) is 0 Å². The Balaban J connectivity index is 2.14. The molecule has 1 atom stereocenters. The molecule has 2 aromatic rings. The van der Waals surface area contributed by atoms with Crippen molar-refractivity contribution < 1.29 is 9.13 Å². The van der Waals surface area contributed by atoms with Crippen molar-refractivity contribution in [3.63, 3.8) is 0 Å². The largest absolute Gasteiger partial charge is 0.493 e. The van der Waals surface area contributed by atoms with E-state index in [9.17, 15) is 9.65 Å². The molecule has 0 amide bonds. The fraction of sp³-hybridized carbons (Fsp3) is 0.263. The number of nitrogens with zero attached hydrogens (tertiary/aromatic N) is 4. The lowest BCUT2D eigenvalue weighted by atomic mass is 9.95. The number of rotatable bonds is 5. The number of benzene rings is 1. The number of unbranched alkanes of at least 4 members (excludes halogenated alkanes) is 1. The summed E-state index contributed by atoms with van der Waals surface area (Å²) in [7, 11) is 0. The Morgan fingerprint density at radius 1 is 1.31 bits per heavy atom. The zero-order valence-corrected chi connectivity index (χ0v) is 15.7. The molecule has 0 bridgehead atoms. The highest BCUT2D eigenvalue weighted by Gasteiger charge is 2.30. The fourth-order valence-corrected chi connectivity index (χ4v) is 2.98. The maximum Gasteiger partial charge on any atom is 0.211 e. The minimum absolute atomic E-state index is 0.0123. The Morgan fingerprint density at radius 2 is 2.10 bits per heavy atom. The smallest absolute Gasteiger partial charge is 0.211 e. The molecule has 1 aliphatic heterocycles. The minimum Gasteiger partial charge on any atom is -0.493 e. The van der Waals surface area contributed by atoms with Gasteiger partial charge in [0.05, 0.1) is 12.3 Å². The van der Waals surface area contributed by atoms with E-state index in [0.717, 1.165) is 12.8 Å². The van der Waals surface area contributed by atoms with Crippen LogP contribution in [0.5, 0.6) is 5.75 Å². The van der Waals surface area contributed by atoms with Crippen LogP contribution in [0.1, 0.15) is 42.5 Å². The third-order valence-corrected chi connectivity index (χ3v) is 4.33. The van der Waals surface area contributed by atoms with Crippen molar-refractivity contribution in [3.8, 4) is 18.0 Å². The number of fused-ring (bicyclic) bond motifs is 1. The normalized spacial score (nSPS) is 14.6. The fourth-order valence-electron chi connectivity index (χ4n) is 2.98. The number of nitrogen functional groups attached to an aromatic ring is 2. The van der Waals surface area contributed by atoms with Crippen LogP contribution in [-0.4, -0.2) is 17.6 Å². The van der Waals surface area contributed by atoms with Gasteiger partial charge in [0, 0.05) is 11.6 Å². The molecule has 0 aliphatic carbocycles. The second kappa shape index (κ2) is 8.31. The van der Waals surface area contributed by atoms with Gasteiger partial charge >= 0.3 is 0 Å². The second-order valence-electron chi connectivity index (χ2n) is 6.32. The highest BCUT2D eigenvalue weighted by atomic mass is 19.1. The minimum atomic E-state index is -0.827. The van der Waals surface area contributed by atoms with Crippen LogP contribution in [0.15, 0.2) is 23.2 Å². The number of nitrogens with one attached hydrogen (secondary N) is 2. The van der Waals surface area contributed by atoms with Gasteiger partial charge in [-0.05, 0) is 24.1 Å². The monoisotopic (exact) mass is 394 g/mol. The zero-order valence-electron chi connectivity index (χ0n) is 15.7. The van der Waals surface area contributed by atoms with Crippen molar-refractivity contribution in [2.75, 3.05) is 23.4 Å². The van der Waals surface area contributed by atoms with Crippen molar-refractivity contribution in [3.05, 3.63) is 40.7 Å². The van der Waals surface area contributed by atoms with Crippen molar-refractivity contribution in [1.29, 1.82) is 10.5 Å². The van der Waals surface area contributed by atoms with Crippen LogP contribution in [0.3, 0.4) is 0 Å². The number of ether oxygens (including phenoxy) is 1. The number of pyridine rings is 1. The van der Waals surface area contributed by atoms with Crippen LogP contribution < -0.4 is 26.8 Å². The van der Waals surface area contributed by atoms with Crippen LogP contribution in [0, 0.1) is 28.6 Å². The molecule has 1 aromatic heterocycles. The van der Waals surface area contributed by atoms with E-state index >= 15 is 0 Å². The quantitative estimate of drug-likeness (QED) is 0.342. The van der Waals surface area contributed by atoms with Crippen LogP contribution >= 0.6 is 0 Å². The van der Waals surface area contributed by atoms with E-state index in [1.165, 1.54) is 12.1 Å². The lowest BCUT2D eigenvalue weighted by molar-refractivity contribution is 0.307. The number of nitrogens with two attached hydrogens (primary N) is 2. The SMILES string of the molecule is CCCCOc1cc(F)cc(C2N=C(NC#N)Nc3nc(N)c(C#N)c(N)c32)c1. The number of anilines is 3. The summed E-state index contributed by atoms with van der Waals surface area (Å²) < 4.78 is 19.9. The van der Waals surface area contributed by atoms with E-state index in [1.54, 1.807) is 12.3 Å². The van der Waals surface area contributed by atoms with Gasteiger partial charge in [0.2, 0.25) is 5.96 Å². The van der Waals surface area contributed by atoms with Gasteiger partial charge in [0.15, 0.2) is 6.19 Å². The van der Waals surface area contributed by atoms with Gasteiger partial charge in [-0.1, -0.05) is 13.3 Å². The molecule has 148 valence electrons. The van der Waals surface area contributed by atoms with Crippen molar-refractivity contribution in [2.24, 2.45) is 4.99 Å². The average Bonchev–Trinajstić information content (AvgIpc) is 2.67. The van der Waals surface area contributed by atoms with Crippen molar-refractivity contribution >= 4 is 23.3 Å². The molecular formula is C19H19FN8O. The average molecular weight is 394 g/mol. The number of hydrogen-bond donors (Lipinski definition) is 4. The molecule has 6 N–H and O–H groups in total. The van der Waals surface area contributed by atoms with E-state index < -0.39 is 11.9 Å². The zero-order chi connectivity index (χ0) is 21.0. The van der Waals surface area contributed by atoms with Crippen molar-refractivity contribution in [1.82, 2.24) is 10.3 Å². The Labute approximate surface area is 166 Å². The summed E-state index contributed by atoms with van der Waals surface area (Å²) in [5, 5.41) is 23.5. The summed E-state index contributed by atoms with van der Waals surface area (Å²) in [6.07, 6.45) is 3.54. The van der Waals surface area contributed by atoms with E-state index in [4.69, 9.17) is 21.5 Å². The van der Waals surface area contributed by atoms with Crippen molar-refractivity contribution in [2.45, 2.75) is 25.8 Å². The molecule has 0 fully saturated rings. The van der Waals surface area contributed by atoms with E-state index in [-0.39, 0.29) is 28.8 Å². The molecule has 0 radical (unpaired) electrons. The Kier molecular flexibility index (Phi) is 5.65. The number of nitriles is 2. The molecule has 1 aromatic carbocycles. The predicted molar refractivity (Wildman–Crippen MR) is 106 cm³/mol. The maximum atomic E-state index is 14.3. The highest BCUT2D eigenvalue weighted by Crippen LogP contribution is 2.41. The maximum absolute atomic E-state index is 14.3. The molecule has 1 unspecified atom stereocenters. The first-order valence-corrected chi connectivity index (χ1v) is 8.90. The number of aliphatic imine (C=N–C) groups is 1. The molecule has 1 aliphatic rings. The predicted octanol–water partition coefficient (Wildman–Crippen LogP) is 2.38. The molecule has 0 saturated heterocycles. The first-order valence-electron chi connectivity index (χ1n) is 8.90. The molecule has 3 rings (SSSR count). The first-order chi connectivity index (χ1) is 14.0. The molecule has 2 heterocycles. The number of aromatic nitrogens is 1. The molecule has 10 heteroatoms. The van der Waals surface area contributed by atoms with E-state index in [0.29, 0.717) is 23.5 Å². The summed E-state index contributed by atoms with van der Waals surface area (Å²) in [4.78, 5) is 8.58. The van der Waals surface area contributed by atoms with Crippen LogP contribution in [0.25, 0.3) is 0 Å². The van der Waals surface area contributed by atoms with Gasteiger partial charge in [-0.15, -0.1) is 0 Å². The van der Waals surface area contributed by atoms with Gasteiger partial charge in [0.1, 0.15) is 40.9 Å². The van der Waals surface area contributed by atoms with Gasteiger partial charge in [-0.25, -0.2) is 14.4 Å². The summed E-state index contributed by atoms with van der Waals surface area (Å²) in [6.45, 7) is 2.48. The Bertz CT molecular complexity index is 1050. The Hall–Kier alpha value is -4.05. The summed E-state index contributed by atoms with van der Waals surface area (Å²) in [5.41, 5.74) is 12.9. The second-order valence-corrected chi connectivity index (χ2v) is 6.32. The van der Waals surface area contributed by atoms with Gasteiger partial charge < -0.3 is 21.5 Å². The lowest BCUT2D eigenvalue weighted by Gasteiger charge is -2.26. The number of halogens is 1. The third-order valence-electron chi connectivity index (χ3n) is 4.33. The number of guanidine groups is 1. The standard InChI is InChI=1S/C19H19FN8O/c1-2-3-4-29-12-6-10(5-11(20)7-12)16-14-15(23)13(8-21)17(24)27-18(14)28-19(26-16)25-9-22/h5-7,16H,2-4H2,1H3,(H6,23,24,25,26,27,28). The van der Waals surface area contributed by atoms with Crippen LogP contribution in [0.4, 0.5) is 21.7 Å².